The molecule has 1 rings (SSSR count). The predicted molar refractivity (Wildman–Crippen MR) is 85.1 cm³/mol. The van der Waals surface area contributed by atoms with Gasteiger partial charge in [-0.1, -0.05) is 39.0 Å². The minimum atomic E-state index is -4.36. The van der Waals surface area contributed by atoms with Crippen LogP contribution >= 0.6 is 11.8 Å². The molecule has 2 nitrogen and oxygen atoms in total. The van der Waals surface area contributed by atoms with Gasteiger partial charge < -0.3 is 5.32 Å². The molecule has 1 N–H and O–H groups in total. The number of benzene rings is 1. The summed E-state index contributed by atoms with van der Waals surface area (Å²) in [6, 6.07) is 5.27. The minimum absolute atomic E-state index is 0.0847. The first-order valence-corrected chi connectivity index (χ1v) is 8.34. The van der Waals surface area contributed by atoms with E-state index < -0.39 is 17.2 Å². The lowest BCUT2D eigenvalue weighted by atomic mass is 9.83. The first-order chi connectivity index (χ1) is 10.2. The molecule has 0 aliphatic rings. The zero-order valence-electron chi connectivity index (χ0n) is 13.1. The lowest BCUT2D eigenvalue weighted by Gasteiger charge is -2.26. The van der Waals surface area contributed by atoms with Gasteiger partial charge in [-0.3, -0.25) is 4.79 Å². The Balaban J connectivity index is 2.68. The smallest absolute Gasteiger partial charge is 0.355 e. The molecule has 0 spiro atoms. The SMILES string of the molecule is CCCSCC(=O)NCC(C)(C)c1cccc(C(F)(F)F)c1. The Morgan fingerprint density at radius 3 is 2.45 bits per heavy atom. The summed E-state index contributed by atoms with van der Waals surface area (Å²) in [7, 11) is 0. The standard InChI is InChI=1S/C16H22F3NOS/c1-4-8-22-10-14(21)20-11-15(2,3)12-6-5-7-13(9-12)16(17,18)19/h5-7,9H,4,8,10-11H2,1-3H3,(H,20,21). The van der Waals surface area contributed by atoms with Crippen molar-refractivity contribution >= 4 is 17.7 Å². The number of thioether (sulfide) groups is 1. The van der Waals surface area contributed by atoms with Crippen LogP contribution in [0.25, 0.3) is 0 Å². The monoisotopic (exact) mass is 333 g/mol. The fourth-order valence-electron chi connectivity index (χ4n) is 1.90. The average Bonchev–Trinajstić information content (AvgIpc) is 2.45. The summed E-state index contributed by atoms with van der Waals surface area (Å²) < 4.78 is 38.3. The molecule has 0 bridgehead atoms. The fourth-order valence-corrected chi connectivity index (χ4v) is 2.62. The van der Waals surface area contributed by atoms with Crippen LogP contribution in [0.5, 0.6) is 0 Å². The molecule has 0 aliphatic heterocycles. The van der Waals surface area contributed by atoms with Gasteiger partial charge >= 0.3 is 6.18 Å². The summed E-state index contributed by atoms with van der Waals surface area (Å²) in [4.78, 5) is 11.7. The van der Waals surface area contributed by atoms with Gasteiger partial charge in [0.25, 0.3) is 0 Å². The number of hydrogen-bond donors (Lipinski definition) is 1. The maximum absolute atomic E-state index is 12.8. The molecular formula is C16H22F3NOS. The van der Waals surface area contributed by atoms with Crippen molar-refractivity contribution in [2.45, 2.75) is 38.8 Å². The molecule has 6 heteroatoms. The Morgan fingerprint density at radius 1 is 1.23 bits per heavy atom. The second kappa shape index (κ2) is 7.90. The number of carbonyl (C=O) groups is 1. The van der Waals surface area contributed by atoms with Crippen LogP contribution in [0.2, 0.25) is 0 Å². The van der Waals surface area contributed by atoms with Crippen LogP contribution < -0.4 is 5.32 Å². The zero-order chi connectivity index (χ0) is 16.8. The lowest BCUT2D eigenvalue weighted by Crippen LogP contribution is -2.37. The summed E-state index contributed by atoms with van der Waals surface area (Å²) in [5, 5.41) is 2.80. The largest absolute Gasteiger partial charge is 0.416 e. The lowest BCUT2D eigenvalue weighted by molar-refractivity contribution is -0.137. The third kappa shape index (κ3) is 5.91. The maximum atomic E-state index is 12.8. The van der Waals surface area contributed by atoms with E-state index in [1.54, 1.807) is 17.8 Å². The Kier molecular flexibility index (Phi) is 6.78. The summed E-state index contributed by atoms with van der Waals surface area (Å²) >= 11 is 1.55. The van der Waals surface area contributed by atoms with Gasteiger partial charge in [0.2, 0.25) is 5.91 Å². The van der Waals surface area contributed by atoms with E-state index in [1.807, 2.05) is 20.8 Å². The van der Waals surface area contributed by atoms with Gasteiger partial charge in [-0.05, 0) is 23.8 Å². The minimum Gasteiger partial charge on any atom is -0.355 e. The Hall–Kier alpha value is -1.17. The Labute approximate surface area is 133 Å². The van der Waals surface area contributed by atoms with Crippen molar-refractivity contribution in [3.63, 3.8) is 0 Å². The molecule has 0 saturated carbocycles. The molecule has 0 heterocycles. The molecule has 0 fully saturated rings. The van der Waals surface area contributed by atoms with Crippen molar-refractivity contribution in [1.82, 2.24) is 5.32 Å². The normalized spacial score (nSPS) is 12.3. The third-order valence-electron chi connectivity index (χ3n) is 3.28. The molecule has 0 aromatic heterocycles. The Bertz CT molecular complexity index is 500. The third-order valence-corrected chi connectivity index (χ3v) is 4.44. The van der Waals surface area contributed by atoms with Crippen LogP contribution in [0.4, 0.5) is 13.2 Å². The van der Waals surface area contributed by atoms with Crippen LogP contribution in [0.15, 0.2) is 24.3 Å². The molecule has 124 valence electrons. The van der Waals surface area contributed by atoms with E-state index in [2.05, 4.69) is 5.32 Å². The van der Waals surface area contributed by atoms with Crippen LogP contribution in [-0.2, 0) is 16.4 Å². The van der Waals surface area contributed by atoms with E-state index in [0.29, 0.717) is 17.9 Å². The Morgan fingerprint density at radius 2 is 1.86 bits per heavy atom. The van der Waals surface area contributed by atoms with Gasteiger partial charge in [-0.2, -0.15) is 24.9 Å². The summed E-state index contributed by atoms with van der Waals surface area (Å²) in [5.41, 5.74) is -0.668. The first kappa shape index (κ1) is 18.9. The quantitative estimate of drug-likeness (QED) is 0.756. The van der Waals surface area contributed by atoms with Crippen LogP contribution in [0.1, 0.15) is 38.3 Å². The van der Waals surface area contributed by atoms with Crippen molar-refractivity contribution in [3.8, 4) is 0 Å². The highest BCUT2D eigenvalue weighted by Gasteiger charge is 2.32. The maximum Gasteiger partial charge on any atom is 0.416 e. The van der Waals surface area contributed by atoms with E-state index >= 15 is 0 Å². The summed E-state index contributed by atoms with van der Waals surface area (Å²) in [5.74, 6) is 1.22. The topological polar surface area (TPSA) is 29.1 Å². The summed E-state index contributed by atoms with van der Waals surface area (Å²) in [6.45, 7) is 5.99. The highest BCUT2D eigenvalue weighted by molar-refractivity contribution is 7.99. The van der Waals surface area contributed by atoms with Gasteiger partial charge in [-0.25, -0.2) is 0 Å². The molecule has 22 heavy (non-hydrogen) atoms. The van der Waals surface area contributed by atoms with Crippen molar-refractivity contribution < 1.29 is 18.0 Å². The van der Waals surface area contributed by atoms with Gasteiger partial charge in [-0.15, -0.1) is 0 Å². The highest BCUT2D eigenvalue weighted by atomic mass is 32.2. The number of alkyl halides is 3. The zero-order valence-corrected chi connectivity index (χ0v) is 13.9. The second-order valence-corrected chi connectivity index (χ2v) is 6.90. The van der Waals surface area contributed by atoms with Gasteiger partial charge in [0.15, 0.2) is 0 Å². The molecule has 0 saturated heterocycles. The van der Waals surface area contributed by atoms with Gasteiger partial charge in [0.05, 0.1) is 11.3 Å². The fraction of sp³-hybridized carbons (Fsp3) is 0.562. The predicted octanol–water partition coefficient (Wildman–Crippen LogP) is 4.24. The molecule has 1 aromatic rings. The van der Waals surface area contributed by atoms with Gasteiger partial charge in [0.1, 0.15) is 0 Å². The van der Waals surface area contributed by atoms with E-state index in [9.17, 15) is 18.0 Å². The number of amides is 1. The van der Waals surface area contributed by atoms with Crippen molar-refractivity contribution in [2.75, 3.05) is 18.1 Å². The molecule has 1 aromatic carbocycles. The number of rotatable bonds is 7. The molecule has 1 amide bonds. The molecule has 0 unspecified atom stereocenters. The number of halogens is 3. The highest BCUT2D eigenvalue weighted by Crippen LogP contribution is 2.32. The van der Waals surface area contributed by atoms with Crippen LogP contribution in [0, 0.1) is 0 Å². The summed E-state index contributed by atoms with van der Waals surface area (Å²) in [6.07, 6.45) is -3.35. The van der Waals surface area contributed by atoms with E-state index in [0.717, 1.165) is 24.3 Å². The van der Waals surface area contributed by atoms with Crippen molar-refractivity contribution in [2.24, 2.45) is 0 Å². The van der Waals surface area contributed by atoms with E-state index in [1.165, 1.54) is 6.07 Å². The van der Waals surface area contributed by atoms with E-state index in [4.69, 9.17) is 0 Å². The number of carbonyl (C=O) groups excluding carboxylic acids is 1. The van der Waals surface area contributed by atoms with Crippen LogP contribution in [-0.4, -0.2) is 24.0 Å². The molecule has 0 atom stereocenters. The number of hydrogen-bond acceptors (Lipinski definition) is 2. The van der Waals surface area contributed by atoms with E-state index in [-0.39, 0.29) is 5.91 Å². The molecular weight excluding hydrogens is 311 g/mol. The first-order valence-electron chi connectivity index (χ1n) is 7.19. The van der Waals surface area contributed by atoms with Crippen LogP contribution in [0.3, 0.4) is 0 Å². The average molecular weight is 333 g/mol. The van der Waals surface area contributed by atoms with Crippen molar-refractivity contribution in [1.29, 1.82) is 0 Å². The van der Waals surface area contributed by atoms with Gasteiger partial charge in [0, 0.05) is 12.0 Å². The number of nitrogens with one attached hydrogen (secondary N) is 1. The molecule has 0 radical (unpaired) electrons. The molecule has 0 aliphatic carbocycles. The van der Waals surface area contributed by atoms with Crippen molar-refractivity contribution in [3.05, 3.63) is 35.4 Å². The second-order valence-electron chi connectivity index (χ2n) is 5.79.